The van der Waals surface area contributed by atoms with Gasteiger partial charge in [-0.15, -0.1) is 0 Å². The van der Waals surface area contributed by atoms with Gasteiger partial charge in [0.1, 0.15) is 0 Å². The standard InChI is InChI=1S/C11H15N3/c1-14(8-7-10(13)9-12)11-5-3-2-4-6-11/h2-6,10H,7-8,13H2,1H3. The third-order valence-electron chi connectivity index (χ3n) is 2.14. The Bertz CT molecular complexity index is 302. The van der Waals surface area contributed by atoms with E-state index in [4.69, 9.17) is 11.0 Å². The van der Waals surface area contributed by atoms with E-state index < -0.39 is 0 Å². The SMILES string of the molecule is CN(CCC(N)C#N)c1ccccc1. The molecular weight excluding hydrogens is 174 g/mol. The van der Waals surface area contributed by atoms with Crippen LogP contribution in [-0.4, -0.2) is 19.6 Å². The van der Waals surface area contributed by atoms with E-state index in [9.17, 15) is 0 Å². The molecule has 0 heterocycles. The van der Waals surface area contributed by atoms with Gasteiger partial charge in [0.15, 0.2) is 0 Å². The van der Waals surface area contributed by atoms with Crippen molar-refractivity contribution in [2.75, 3.05) is 18.5 Å². The fourth-order valence-corrected chi connectivity index (χ4v) is 1.21. The lowest BCUT2D eigenvalue weighted by Gasteiger charge is -2.19. The number of para-hydroxylation sites is 1. The second kappa shape index (κ2) is 5.25. The molecule has 1 atom stereocenters. The van der Waals surface area contributed by atoms with E-state index in [1.807, 2.05) is 43.4 Å². The van der Waals surface area contributed by atoms with Gasteiger partial charge in [-0.25, -0.2) is 0 Å². The van der Waals surface area contributed by atoms with Gasteiger partial charge in [-0.2, -0.15) is 5.26 Å². The van der Waals surface area contributed by atoms with Gasteiger partial charge < -0.3 is 10.6 Å². The molecule has 74 valence electrons. The zero-order valence-corrected chi connectivity index (χ0v) is 8.35. The van der Waals surface area contributed by atoms with Crippen LogP contribution < -0.4 is 10.6 Å². The van der Waals surface area contributed by atoms with Crippen LogP contribution in [0.15, 0.2) is 30.3 Å². The predicted octanol–water partition coefficient (Wildman–Crippen LogP) is 1.36. The average Bonchev–Trinajstić information content (AvgIpc) is 2.26. The average molecular weight is 189 g/mol. The number of hydrogen-bond donors (Lipinski definition) is 1. The van der Waals surface area contributed by atoms with E-state index >= 15 is 0 Å². The molecular formula is C11H15N3. The number of anilines is 1. The highest BCUT2D eigenvalue weighted by molar-refractivity contribution is 5.44. The third kappa shape index (κ3) is 3.08. The van der Waals surface area contributed by atoms with E-state index in [-0.39, 0.29) is 6.04 Å². The van der Waals surface area contributed by atoms with Crippen LogP contribution >= 0.6 is 0 Å². The van der Waals surface area contributed by atoms with Gasteiger partial charge in [-0.1, -0.05) is 18.2 Å². The Kier molecular flexibility index (Phi) is 3.96. The zero-order valence-electron chi connectivity index (χ0n) is 8.35. The molecule has 0 fully saturated rings. The first-order valence-electron chi connectivity index (χ1n) is 4.65. The zero-order chi connectivity index (χ0) is 10.4. The van der Waals surface area contributed by atoms with E-state index in [0.29, 0.717) is 6.42 Å². The molecule has 0 saturated heterocycles. The number of nitriles is 1. The van der Waals surface area contributed by atoms with Crippen molar-refractivity contribution in [3.63, 3.8) is 0 Å². The summed E-state index contributed by atoms with van der Waals surface area (Å²) in [6.45, 7) is 0.804. The molecule has 0 saturated carbocycles. The molecule has 0 aliphatic heterocycles. The molecule has 0 amide bonds. The molecule has 1 rings (SSSR count). The Morgan fingerprint density at radius 2 is 2.07 bits per heavy atom. The van der Waals surface area contributed by atoms with Crippen molar-refractivity contribution in [1.29, 1.82) is 5.26 Å². The van der Waals surface area contributed by atoms with Crippen LogP contribution in [0.2, 0.25) is 0 Å². The van der Waals surface area contributed by atoms with Gasteiger partial charge in [0.25, 0.3) is 0 Å². The van der Waals surface area contributed by atoms with Crippen LogP contribution in [0.4, 0.5) is 5.69 Å². The van der Waals surface area contributed by atoms with Crippen molar-refractivity contribution in [3.8, 4) is 6.07 Å². The smallest absolute Gasteiger partial charge is 0.0944 e. The molecule has 0 aliphatic rings. The molecule has 1 aromatic rings. The van der Waals surface area contributed by atoms with E-state index in [2.05, 4.69) is 4.90 Å². The number of rotatable bonds is 4. The molecule has 2 N–H and O–H groups in total. The Labute approximate surface area is 84.7 Å². The van der Waals surface area contributed by atoms with Crippen LogP contribution in [0.3, 0.4) is 0 Å². The van der Waals surface area contributed by atoms with Crippen molar-refractivity contribution >= 4 is 5.69 Å². The number of benzene rings is 1. The topological polar surface area (TPSA) is 53.0 Å². The minimum absolute atomic E-state index is 0.360. The van der Waals surface area contributed by atoms with Crippen molar-refractivity contribution in [1.82, 2.24) is 0 Å². The lowest BCUT2D eigenvalue weighted by molar-refractivity contribution is 0.716. The highest BCUT2D eigenvalue weighted by atomic mass is 15.1. The Morgan fingerprint density at radius 3 is 2.64 bits per heavy atom. The Hall–Kier alpha value is -1.53. The fourth-order valence-electron chi connectivity index (χ4n) is 1.21. The summed E-state index contributed by atoms with van der Waals surface area (Å²) >= 11 is 0. The van der Waals surface area contributed by atoms with Crippen molar-refractivity contribution in [2.45, 2.75) is 12.5 Å². The molecule has 3 nitrogen and oxygen atoms in total. The molecule has 0 aromatic heterocycles. The van der Waals surface area contributed by atoms with Crippen LogP contribution in [0.25, 0.3) is 0 Å². The molecule has 0 radical (unpaired) electrons. The van der Waals surface area contributed by atoms with Crippen LogP contribution in [0.1, 0.15) is 6.42 Å². The maximum absolute atomic E-state index is 8.52. The molecule has 14 heavy (non-hydrogen) atoms. The minimum atomic E-state index is -0.360. The highest BCUT2D eigenvalue weighted by Crippen LogP contribution is 2.11. The van der Waals surface area contributed by atoms with Crippen molar-refractivity contribution < 1.29 is 0 Å². The minimum Gasteiger partial charge on any atom is -0.375 e. The van der Waals surface area contributed by atoms with E-state index in [1.165, 1.54) is 0 Å². The van der Waals surface area contributed by atoms with Gasteiger partial charge in [0.2, 0.25) is 0 Å². The highest BCUT2D eigenvalue weighted by Gasteiger charge is 2.03. The van der Waals surface area contributed by atoms with E-state index in [1.54, 1.807) is 0 Å². The molecule has 1 aromatic carbocycles. The van der Waals surface area contributed by atoms with Crippen molar-refractivity contribution in [2.24, 2.45) is 5.73 Å². The molecule has 0 aliphatic carbocycles. The van der Waals surface area contributed by atoms with Gasteiger partial charge in [0, 0.05) is 19.3 Å². The summed E-state index contributed by atoms with van der Waals surface area (Å²) < 4.78 is 0. The quantitative estimate of drug-likeness (QED) is 0.778. The van der Waals surface area contributed by atoms with Crippen LogP contribution in [-0.2, 0) is 0 Å². The van der Waals surface area contributed by atoms with Crippen LogP contribution in [0.5, 0.6) is 0 Å². The third-order valence-corrected chi connectivity index (χ3v) is 2.14. The number of hydrogen-bond acceptors (Lipinski definition) is 3. The lowest BCUT2D eigenvalue weighted by atomic mass is 10.2. The predicted molar refractivity (Wildman–Crippen MR) is 57.9 cm³/mol. The maximum Gasteiger partial charge on any atom is 0.0944 e. The van der Waals surface area contributed by atoms with E-state index in [0.717, 1.165) is 12.2 Å². The van der Waals surface area contributed by atoms with Crippen molar-refractivity contribution in [3.05, 3.63) is 30.3 Å². The summed E-state index contributed by atoms with van der Waals surface area (Å²) in [5.74, 6) is 0. The second-order valence-corrected chi connectivity index (χ2v) is 3.28. The van der Waals surface area contributed by atoms with Crippen LogP contribution in [0, 0.1) is 11.3 Å². The summed E-state index contributed by atoms with van der Waals surface area (Å²) in [6.07, 6.45) is 0.696. The first-order valence-corrected chi connectivity index (χ1v) is 4.65. The largest absolute Gasteiger partial charge is 0.375 e. The summed E-state index contributed by atoms with van der Waals surface area (Å²) in [5, 5.41) is 8.52. The Morgan fingerprint density at radius 1 is 1.43 bits per heavy atom. The van der Waals surface area contributed by atoms with Gasteiger partial charge in [0.05, 0.1) is 12.1 Å². The summed E-state index contributed by atoms with van der Waals surface area (Å²) in [4.78, 5) is 2.09. The molecule has 1 unspecified atom stereocenters. The maximum atomic E-state index is 8.52. The van der Waals surface area contributed by atoms with Gasteiger partial charge in [-0.05, 0) is 18.6 Å². The monoisotopic (exact) mass is 189 g/mol. The summed E-state index contributed by atoms with van der Waals surface area (Å²) in [6, 6.07) is 11.7. The van der Waals surface area contributed by atoms with Gasteiger partial charge in [-0.3, -0.25) is 0 Å². The summed E-state index contributed by atoms with van der Waals surface area (Å²) in [7, 11) is 2.00. The lowest BCUT2D eigenvalue weighted by Crippen LogP contribution is -2.26. The second-order valence-electron chi connectivity index (χ2n) is 3.28. The normalized spacial score (nSPS) is 11.8. The first kappa shape index (κ1) is 10.6. The number of nitrogens with two attached hydrogens (primary N) is 1. The number of nitrogens with zero attached hydrogens (tertiary/aromatic N) is 2. The Balaban J connectivity index is 2.44. The molecule has 3 heteroatoms. The first-order chi connectivity index (χ1) is 6.74. The van der Waals surface area contributed by atoms with Gasteiger partial charge >= 0.3 is 0 Å². The fraction of sp³-hybridized carbons (Fsp3) is 0.364. The molecule has 0 bridgehead atoms. The summed E-state index contributed by atoms with van der Waals surface area (Å²) in [5.41, 5.74) is 6.66. The molecule has 0 spiro atoms.